The zero-order chi connectivity index (χ0) is 15.6. The molecule has 0 aromatic heterocycles. The Labute approximate surface area is 153 Å². The minimum Gasteiger partial charge on any atom is -0.870 e. The van der Waals surface area contributed by atoms with Crippen LogP contribution < -0.4 is 34.7 Å². The van der Waals surface area contributed by atoms with E-state index in [1.807, 2.05) is 0 Å². The van der Waals surface area contributed by atoms with Gasteiger partial charge in [0, 0.05) is 6.07 Å². The summed E-state index contributed by atoms with van der Waals surface area (Å²) in [6.45, 7) is 0. The molecular formula is C12H8ClN2NaO5S. The van der Waals surface area contributed by atoms with E-state index in [-0.39, 0.29) is 45.2 Å². The molecule has 7 nitrogen and oxygen atoms in total. The van der Waals surface area contributed by atoms with Crippen molar-refractivity contribution >= 4 is 33.1 Å². The maximum atomic E-state index is 11.1. The largest absolute Gasteiger partial charge is 1.00 e. The van der Waals surface area contributed by atoms with Gasteiger partial charge in [0.15, 0.2) is 0 Å². The fourth-order valence-corrected chi connectivity index (χ4v) is 2.08. The van der Waals surface area contributed by atoms with Crippen LogP contribution in [0.4, 0.5) is 11.4 Å². The van der Waals surface area contributed by atoms with E-state index < -0.39 is 21.6 Å². The summed E-state index contributed by atoms with van der Waals surface area (Å²) in [5.74, 6) is -1.13. The van der Waals surface area contributed by atoms with Crippen LogP contribution in [0, 0.1) is 0 Å². The number of aromatic hydroxyl groups is 1. The van der Waals surface area contributed by atoms with Crippen LogP contribution in [0.2, 0.25) is 5.02 Å². The Morgan fingerprint density at radius 2 is 1.68 bits per heavy atom. The van der Waals surface area contributed by atoms with Crippen molar-refractivity contribution in [2.75, 3.05) is 0 Å². The van der Waals surface area contributed by atoms with Crippen molar-refractivity contribution < 1.29 is 52.7 Å². The molecule has 0 spiro atoms. The van der Waals surface area contributed by atoms with Crippen molar-refractivity contribution in [1.29, 1.82) is 0 Å². The van der Waals surface area contributed by atoms with Crippen LogP contribution in [0.15, 0.2) is 51.5 Å². The van der Waals surface area contributed by atoms with Gasteiger partial charge >= 0.3 is 29.6 Å². The van der Waals surface area contributed by atoms with Gasteiger partial charge in [-0.25, -0.2) is 0 Å². The third-order valence-corrected chi connectivity index (χ3v) is 3.61. The Morgan fingerprint density at radius 3 is 2.23 bits per heavy atom. The van der Waals surface area contributed by atoms with Crippen LogP contribution in [0.1, 0.15) is 0 Å². The molecule has 22 heavy (non-hydrogen) atoms. The number of phenols is 1. The smallest absolute Gasteiger partial charge is 0.870 e. The summed E-state index contributed by atoms with van der Waals surface area (Å²) in [6, 6.07) is 7.03. The van der Waals surface area contributed by atoms with Gasteiger partial charge < -0.3 is 10.2 Å². The fourth-order valence-electron chi connectivity index (χ4n) is 1.41. The van der Waals surface area contributed by atoms with Gasteiger partial charge in [-0.05, 0) is 30.3 Å². The van der Waals surface area contributed by atoms with Gasteiger partial charge in [-0.3, -0.25) is 4.55 Å². The van der Waals surface area contributed by atoms with Crippen molar-refractivity contribution in [3.05, 3.63) is 41.4 Å². The number of phenolic OH excluding ortho intramolecular Hbond substituents is 1. The minimum absolute atomic E-state index is 0. The van der Waals surface area contributed by atoms with E-state index in [9.17, 15) is 18.6 Å². The molecule has 2 N–H and O–H groups in total. The molecule has 2 aromatic rings. The molecule has 0 atom stereocenters. The summed E-state index contributed by atoms with van der Waals surface area (Å²) in [5.41, 5.74) is 0.386. The van der Waals surface area contributed by atoms with Crippen LogP contribution in [0.3, 0.4) is 0 Å². The number of hydrogen-bond acceptors (Lipinski definition) is 6. The van der Waals surface area contributed by atoms with E-state index in [0.717, 1.165) is 24.3 Å². The average molecular weight is 351 g/mol. The van der Waals surface area contributed by atoms with Crippen LogP contribution in [-0.4, -0.2) is 18.1 Å². The van der Waals surface area contributed by atoms with Gasteiger partial charge in [0.05, 0.1) is 15.6 Å². The molecule has 0 unspecified atom stereocenters. The standard InChI is InChI=1S/C12H9ClN2O5S.Na/c13-9-5-11(16)12(17)6-10(9)15-14-7-1-3-8(4-2-7)21(18,19)20;/h1-6,16-17H,(H,18,19,20);/q;+1/p-1. The Kier molecular flexibility index (Phi) is 6.36. The molecule has 0 bridgehead atoms. The normalized spacial score (nSPS) is 11.4. The second-order valence-corrected chi connectivity index (χ2v) is 5.77. The molecule has 2 aromatic carbocycles. The molecule has 0 aliphatic rings. The number of benzene rings is 2. The van der Waals surface area contributed by atoms with E-state index >= 15 is 0 Å². The molecule has 0 saturated heterocycles. The number of azo groups is 1. The molecule has 110 valence electrons. The summed E-state index contributed by atoms with van der Waals surface area (Å²) in [4.78, 5) is -0.271. The van der Waals surface area contributed by atoms with Gasteiger partial charge in [-0.15, -0.1) is 5.11 Å². The van der Waals surface area contributed by atoms with Crippen molar-refractivity contribution in [2.45, 2.75) is 4.90 Å². The van der Waals surface area contributed by atoms with Crippen molar-refractivity contribution in [3.63, 3.8) is 0 Å². The van der Waals surface area contributed by atoms with Gasteiger partial charge in [0.25, 0.3) is 10.1 Å². The van der Waals surface area contributed by atoms with E-state index in [0.29, 0.717) is 5.69 Å². The Hall–Kier alpha value is -1.16. The molecule has 0 saturated carbocycles. The predicted octanol–water partition coefficient (Wildman–Crippen LogP) is -0.215. The Bertz CT molecular complexity index is 809. The monoisotopic (exact) mass is 350 g/mol. The second-order valence-electron chi connectivity index (χ2n) is 3.94. The predicted molar refractivity (Wildman–Crippen MR) is 73.0 cm³/mol. The molecule has 0 amide bonds. The first kappa shape index (κ1) is 18.9. The van der Waals surface area contributed by atoms with E-state index in [2.05, 4.69) is 10.2 Å². The second kappa shape index (κ2) is 7.40. The van der Waals surface area contributed by atoms with E-state index in [1.165, 1.54) is 12.1 Å². The number of hydrogen-bond donors (Lipinski definition) is 2. The maximum Gasteiger partial charge on any atom is 1.00 e. The first-order valence-corrected chi connectivity index (χ1v) is 7.28. The van der Waals surface area contributed by atoms with Gasteiger partial charge in [-0.1, -0.05) is 17.4 Å². The number of halogens is 1. The van der Waals surface area contributed by atoms with E-state index in [1.54, 1.807) is 0 Å². The Morgan fingerprint density at radius 1 is 1.09 bits per heavy atom. The molecule has 0 aliphatic carbocycles. The molecule has 10 heteroatoms. The van der Waals surface area contributed by atoms with Crippen molar-refractivity contribution in [1.82, 2.24) is 0 Å². The zero-order valence-corrected chi connectivity index (χ0v) is 14.8. The average Bonchev–Trinajstić information content (AvgIpc) is 2.41. The SMILES string of the molecule is O=S(=O)(O)c1ccc(N=Nc2cc(O)c([O-])cc2Cl)cc1.[Na+]. The summed E-state index contributed by atoms with van der Waals surface area (Å²) >= 11 is 5.78. The quantitative estimate of drug-likeness (QED) is 0.450. The summed E-state index contributed by atoms with van der Waals surface area (Å²) < 4.78 is 30.6. The molecular weight excluding hydrogens is 343 g/mol. The molecule has 0 heterocycles. The molecule has 0 fully saturated rings. The van der Waals surface area contributed by atoms with Gasteiger partial charge in [0.1, 0.15) is 11.4 Å². The van der Waals surface area contributed by atoms with Crippen LogP contribution >= 0.6 is 11.6 Å². The van der Waals surface area contributed by atoms with Gasteiger partial charge in [0.2, 0.25) is 0 Å². The minimum atomic E-state index is -4.26. The van der Waals surface area contributed by atoms with Crippen molar-refractivity contribution in [2.24, 2.45) is 10.2 Å². The Balaban J connectivity index is 0.00000242. The summed E-state index contributed by atoms with van der Waals surface area (Å²) in [7, 11) is -4.26. The zero-order valence-electron chi connectivity index (χ0n) is 11.3. The first-order valence-electron chi connectivity index (χ1n) is 5.46. The summed E-state index contributed by atoms with van der Waals surface area (Å²) in [6.07, 6.45) is 0. The van der Waals surface area contributed by atoms with Crippen LogP contribution in [0.25, 0.3) is 0 Å². The third kappa shape index (κ3) is 4.67. The van der Waals surface area contributed by atoms with Crippen LogP contribution in [0.5, 0.6) is 11.5 Å². The molecule has 0 aliphatic heterocycles. The fraction of sp³-hybridized carbons (Fsp3) is 0. The number of rotatable bonds is 3. The molecule has 2 rings (SSSR count). The van der Waals surface area contributed by atoms with Gasteiger partial charge in [-0.2, -0.15) is 13.5 Å². The first-order chi connectivity index (χ1) is 9.77. The van der Waals surface area contributed by atoms with Crippen molar-refractivity contribution in [3.8, 4) is 11.5 Å². The molecule has 0 radical (unpaired) electrons. The van der Waals surface area contributed by atoms with Crippen LogP contribution in [-0.2, 0) is 10.1 Å². The van der Waals surface area contributed by atoms with E-state index in [4.69, 9.17) is 16.2 Å². The number of nitrogens with zero attached hydrogens (tertiary/aromatic N) is 2. The summed E-state index contributed by atoms with van der Waals surface area (Å²) in [5, 5.41) is 27.9. The third-order valence-electron chi connectivity index (χ3n) is 2.44. The topological polar surface area (TPSA) is 122 Å². The maximum absolute atomic E-state index is 11.1.